The number of benzene rings is 2. The molecule has 2 aromatic carbocycles. The normalized spacial score (nSPS) is 16.9. The zero-order chi connectivity index (χ0) is 24.1. The van der Waals surface area contributed by atoms with Crippen molar-refractivity contribution in [2.75, 3.05) is 45.0 Å². The Hall–Kier alpha value is -1.78. The van der Waals surface area contributed by atoms with Gasteiger partial charge in [0, 0.05) is 39.3 Å². The van der Waals surface area contributed by atoms with Crippen molar-refractivity contribution in [1.29, 1.82) is 0 Å². The molecule has 1 fully saturated rings. The fourth-order valence-corrected chi connectivity index (χ4v) is 7.04. The molecule has 0 saturated carbocycles. The van der Waals surface area contributed by atoms with E-state index >= 15 is 0 Å². The maximum Gasteiger partial charge on any atom is 0.243 e. The SMILES string of the molecule is CC(C)c1ccc(S(=O)(=O)N(CCS(=O)(=O)N2CCNCC2)C[C@@H](C)c2ccccc2)cc1. The minimum absolute atomic E-state index is 0.0854. The summed E-state index contributed by atoms with van der Waals surface area (Å²) in [6.07, 6.45) is 0. The van der Waals surface area contributed by atoms with Crippen LogP contribution >= 0.6 is 0 Å². The van der Waals surface area contributed by atoms with Crippen molar-refractivity contribution in [2.45, 2.75) is 37.5 Å². The largest absolute Gasteiger partial charge is 0.314 e. The van der Waals surface area contributed by atoms with Gasteiger partial charge in [-0.2, -0.15) is 8.61 Å². The molecule has 0 bridgehead atoms. The molecule has 2 aromatic rings. The van der Waals surface area contributed by atoms with Crippen molar-refractivity contribution in [3.8, 4) is 0 Å². The van der Waals surface area contributed by atoms with E-state index in [0.29, 0.717) is 32.1 Å². The van der Waals surface area contributed by atoms with Crippen molar-refractivity contribution < 1.29 is 16.8 Å². The highest BCUT2D eigenvalue weighted by atomic mass is 32.2. The lowest BCUT2D eigenvalue weighted by Gasteiger charge is -2.29. The number of hydrogen-bond donors (Lipinski definition) is 1. The fourth-order valence-electron chi connectivity index (χ4n) is 3.94. The maximum absolute atomic E-state index is 13.6. The van der Waals surface area contributed by atoms with Crippen LogP contribution in [-0.2, 0) is 20.0 Å². The highest BCUT2D eigenvalue weighted by Crippen LogP contribution is 2.24. The van der Waals surface area contributed by atoms with Crippen LogP contribution in [0.25, 0.3) is 0 Å². The van der Waals surface area contributed by atoms with Gasteiger partial charge < -0.3 is 5.32 Å². The van der Waals surface area contributed by atoms with E-state index in [1.54, 1.807) is 12.1 Å². The molecule has 7 nitrogen and oxygen atoms in total. The Morgan fingerprint density at radius 2 is 1.48 bits per heavy atom. The summed E-state index contributed by atoms with van der Waals surface area (Å²) >= 11 is 0. The van der Waals surface area contributed by atoms with Crippen LogP contribution in [-0.4, -0.2) is 70.5 Å². The van der Waals surface area contributed by atoms with Crippen LogP contribution < -0.4 is 5.32 Å². The molecule has 0 unspecified atom stereocenters. The van der Waals surface area contributed by atoms with E-state index in [-0.39, 0.29) is 29.7 Å². The highest BCUT2D eigenvalue weighted by Gasteiger charge is 2.30. The number of nitrogens with zero attached hydrogens (tertiary/aromatic N) is 2. The summed E-state index contributed by atoms with van der Waals surface area (Å²) in [7, 11) is -7.41. The van der Waals surface area contributed by atoms with E-state index in [1.807, 2.05) is 49.4 Å². The lowest BCUT2D eigenvalue weighted by molar-refractivity contribution is 0.354. The van der Waals surface area contributed by atoms with Gasteiger partial charge in [-0.25, -0.2) is 16.8 Å². The summed E-state index contributed by atoms with van der Waals surface area (Å²) in [5, 5.41) is 3.14. The topological polar surface area (TPSA) is 86.8 Å². The third-order valence-electron chi connectivity index (χ3n) is 6.10. The van der Waals surface area contributed by atoms with E-state index in [1.165, 1.54) is 8.61 Å². The first-order valence-electron chi connectivity index (χ1n) is 11.4. The molecule has 1 N–H and O–H groups in total. The molecule has 9 heteroatoms. The second kappa shape index (κ2) is 11.1. The molecule has 0 spiro atoms. The van der Waals surface area contributed by atoms with Crippen molar-refractivity contribution in [3.05, 3.63) is 65.7 Å². The first-order chi connectivity index (χ1) is 15.6. The number of hydrogen-bond acceptors (Lipinski definition) is 5. The molecule has 0 amide bonds. The van der Waals surface area contributed by atoms with Crippen molar-refractivity contribution in [2.24, 2.45) is 0 Å². The molecule has 1 aliphatic heterocycles. The van der Waals surface area contributed by atoms with Crippen LogP contribution in [0.1, 0.15) is 43.7 Å². The van der Waals surface area contributed by atoms with Gasteiger partial charge in [0.05, 0.1) is 10.6 Å². The Labute approximate surface area is 198 Å². The third-order valence-corrected chi connectivity index (χ3v) is 9.83. The van der Waals surface area contributed by atoms with Gasteiger partial charge in [-0.05, 0) is 35.1 Å². The lowest BCUT2D eigenvalue weighted by atomic mass is 10.0. The average molecular weight is 494 g/mol. The molecule has 1 heterocycles. The summed E-state index contributed by atoms with van der Waals surface area (Å²) in [4.78, 5) is 0.187. The maximum atomic E-state index is 13.6. The van der Waals surface area contributed by atoms with Crippen LogP contribution in [0.3, 0.4) is 0 Å². The lowest BCUT2D eigenvalue weighted by Crippen LogP contribution is -2.48. The standard InChI is InChI=1S/C24H35N3O4S2/c1-20(2)22-9-11-24(12-10-22)33(30,31)27(19-21(3)23-7-5-4-6-8-23)17-18-32(28,29)26-15-13-25-14-16-26/h4-12,20-21,25H,13-19H2,1-3H3/t21-/m1/s1. The summed E-state index contributed by atoms with van der Waals surface area (Å²) in [6.45, 7) is 8.22. The van der Waals surface area contributed by atoms with Crippen molar-refractivity contribution in [3.63, 3.8) is 0 Å². The van der Waals surface area contributed by atoms with Crippen LogP contribution in [0.5, 0.6) is 0 Å². The van der Waals surface area contributed by atoms with E-state index in [2.05, 4.69) is 19.2 Å². The second-order valence-electron chi connectivity index (χ2n) is 8.86. The Bertz CT molecular complexity index is 1100. The summed E-state index contributed by atoms with van der Waals surface area (Å²) < 4.78 is 55.8. The highest BCUT2D eigenvalue weighted by molar-refractivity contribution is 7.90. The molecule has 182 valence electrons. The van der Waals surface area contributed by atoms with E-state index in [0.717, 1.165) is 11.1 Å². The van der Waals surface area contributed by atoms with Gasteiger partial charge >= 0.3 is 0 Å². The Morgan fingerprint density at radius 1 is 0.879 bits per heavy atom. The monoisotopic (exact) mass is 493 g/mol. The fraction of sp³-hybridized carbons (Fsp3) is 0.500. The van der Waals surface area contributed by atoms with Gasteiger partial charge in [0.25, 0.3) is 0 Å². The first kappa shape index (κ1) is 25.8. The second-order valence-corrected chi connectivity index (χ2v) is 12.9. The minimum atomic E-state index is -3.86. The number of piperazine rings is 1. The molecule has 0 aromatic heterocycles. The first-order valence-corrected chi connectivity index (χ1v) is 14.5. The molecule has 1 atom stereocenters. The minimum Gasteiger partial charge on any atom is -0.314 e. The predicted octanol–water partition coefficient (Wildman–Crippen LogP) is 2.84. The average Bonchev–Trinajstić information content (AvgIpc) is 2.82. The van der Waals surface area contributed by atoms with Crippen LogP contribution in [0.15, 0.2) is 59.5 Å². The van der Waals surface area contributed by atoms with Crippen molar-refractivity contribution in [1.82, 2.24) is 13.9 Å². The number of rotatable bonds is 10. The summed E-state index contributed by atoms with van der Waals surface area (Å²) in [5.74, 6) is -0.0319. The molecule has 3 rings (SSSR count). The van der Waals surface area contributed by atoms with Gasteiger partial charge in [0.15, 0.2) is 0 Å². The Morgan fingerprint density at radius 3 is 2.06 bits per heavy atom. The van der Waals surface area contributed by atoms with E-state index in [9.17, 15) is 16.8 Å². The zero-order valence-electron chi connectivity index (χ0n) is 19.6. The quantitative estimate of drug-likeness (QED) is 0.550. The van der Waals surface area contributed by atoms with Gasteiger partial charge in [-0.1, -0.05) is 63.2 Å². The molecule has 1 saturated heterocycles. The smallest absolute Gasteiger partial charge is 0.243 e. The van der Waals surface area contributed by atoms with Crippen LogP contribution in [0, 0.1) is 0 Å². The van der Waals surface area contributed by atoms with Crippen LogP contribution in [0.4, 0.5) is 0 Å². The zero-order valence-corrected chi connectivity index (χ0v) is 21.3. The molecular weight excluding hydrogens is 458 g/mol. The van der Waals surface area contributed by atoms with Crippen LogP contribution in [0.2, 0.25) is 0 Å². The molecule has 1 aliphatic rings. The summed E-state index contributed by atoms with van der Waals surface area (Å²) in [6, 6.07) is 16.6. The van der Waals surface area contributed by atoms with Crippen molar-refractivity contribution >= 4 is 20.0 Å². The Kier molecular flexibility index (Phi) is 8.69. The predicted molar refractivity (Wildman–Crippen MR) is 132 cm³/mol. The number of sulfonamides is 2. The number of nitrogens with one attached hydrogen (secondary N) is 1. The van der Waals surface area contributed by atoms with E-state index in [4.69, 9.17) is 0 Å². The van der Waals surface area contributed by atoms with Gasteiger partial charge in [-0.3, -0.25) is 0 Å². The Balaban J connectivity index is 1.85. The van der Waals surface area contributed by atoms with Gasteiger partial charge in [-0.15, -0.1) is 0 Å². The molecule has 33 heavy (non-hydrogen) atoms. The molecular formula is C24H35N3O4S2. The van der Waals surface area contributed by atoms with E-state index < -0.39 is 20.0 Å². The third kappa shape index (κ3) is 6.64. The molecule has 0 radical (unpaired) electrons. The van der Waals surface area contributed by atoms with Gasteiger partial charge in [0.1, 0.15) is 0 Å². The summed E-state index contributed by atoms with van der Waals surface area (Å²) in [5.41, 5.74) is 2.07. The molecule has 0 aliphatic carbocycles. The van der Waals surface area contributed by atoms with Gasteiger partial charge in [0.2, 0.25) is 20.0 Å².